The molecule has 0 bridgehead atoms. The Balaban J connectivity index is 1.19. The van der Waals surface area contributed by atoms with Crippen molar-refractivity contribution in [2.24, 2.45) is 0 Å². The van der Waals surface area contributed by atoms with E-state index >= 15 is 0 Å². The summed E-state index contributed by atoms with van der Waals surface area (Å²) in [5.41, 5.74) is 4.71. The van der Waals surface area contributed by atoms with E-state index in [9.17, 15) is 23.1 Å². The van der Waals surface area contributed by atoms with E-state index in [2.05, 4.69) is 20.5 Å². The quantitative estimate of drug-likeness (QED) is 0.306. The molecule has 0 radical (unpaired) electrons. The molecule has 2 aliphatic heterocycles. The minimum Gasteiger partial charge on any atom is -0.487 e. The second-order valence-corrected chi connectivity index (χ2v) is 10.6. The number of hydrogen-bond donors (Lipinski definition) is 1. The van der Waals surface area contributed by atoms with Crippen LogP contribution in [0.5, 0.6) is 5.75 Å². The molecule has 2 aromatic carbocycles. The molecule has 0 aliphatic carbocycles. The number of carbonyl (C=O) groups is 1. The molecule has 11 heteroatoms. The fraction of sp³-hybridized carbons (Fsp3) is 0.367. The molecule has 4 heterocycles. The smallest absolute Gasteiger partial charge is 0.417 e. The number of halogens is 3. The largest absolute Gasteiger partial charge is 0.487 e. The summed E-state index contributed by atoms with van der Waals surface area (Å²) in [4.78, 5) is 22.7. The Labute approximate surface area is 234 Å². The molecule has 214 valence electrons. The van der Waals surface area contributed by atoms with Crippen molar-refractivity contribution >= 4 is 17.0 Å². The first-order valence-corrected chi connectivity index (χ1v) is 13.5. The van der Waals surface area contributed by atoms with Gasteiger partial charge in [-0.1, -0.05) is 6.07 Å². The van der Waals surface area contributed by atoms with Gasteiger partial charge in [0.2, 0.25) is 0 Å². The van der Waals surface area contributed by atoms with Crippen molar-refractivity contribution in [3.63, 3.8) is 0 Å². The number of aromatic nitrogens is 3. The Morgan fingerprint density at radius 3 is 2.68 bits per heavy atom. The molecule has 2 aliphatic rings. The summed E-state index contributed by atoms with van der Waals surface area (Å²) >= 11 is 0. The molecule has 0 unspecified atom stereocenters. The number of rotatable bonds is 8. The van der Waals surface area contributed by atoms with Crippen molar-refractivity contribution in [2.75, 3.05) is 13.2 Å². The number of hydrogen-bond acceptors (Lipinski definition) is 6. The molecule has 6 rings (SSSR count). The van der Waals surface area contributed by atoms with E-state index in [1.54, 1.807) is 18.2 Å². The van der Waals surface area contributed by atoms with Gasteiger partial charge in [0.15, 0.2) is 0 Å². The molecule has 1 N–H and O–H groups in total. The molecular formula is C30H29F3N4O4. The van der Waals surface area contributed by atoms with Gasteiger partial charge in [0.05, 0.1) is 47.0 Å². The van der Waals surface area contributed by atoms with E-state index in [-0.39, 0.29) is 18.3 Å². The average Bonchev–Trinajstić information content (AvgIpc) is 3.25. The number of aromatic carboxylic acids is 1. The zero-order valence-electron chi connectivity index (χ0n) is 22.4. The number of nitrogens with zero attached hydrogens (tertiary/aromatic N) is 4. The Bertz CT molecular complexity index is 1600. The van der Waals surface area contributed by atoms with Crippen molar-refractivity contribution in [2.45, 2.75) is 58.3 Å². The third-order valence-corrected chi connectivity index (χ3v) is 7.73. The molecule has 1 fully saturated rings. The molecular weight excluding hydrogens is 537 g/mol. The highest BCUT2D eigenvalue weighted by Gasteiger charge is 2.30. The minimum atomic E-state index is -4.43. The van der Waals surface area contributed by atoms with E-state index in [1.165, 1.54) is 11.6 Å². The fourth-order valence-electron chi connectivity index (χ4n) is 5.35. The number of benzene rings is 2. The molecule has 41 heavy (non-hydrogen) atoms. The van der Waals surface area contributed by atoms with Crippen LogP contribution in [0.25, 0.3) is 11.0 Å². The third kappa shape index (κ3) is 5.77. The standard InChI is InChI=1S/C30H29F3N4O4/c1-18-10-19-6-8-36(14-21(19)12-27(18)41-17-23-4-3-22(13-34-23)30(31,32)33)16-28-35-25-5-2-20(29(38)39)11-26(25)37(28)15-24-7-9-40-24/h2-5,10-13,24H,6-9,14-17H2,1H3,(H,38,39)/t24-/m0/s1. The van der Waals surface area contributed by atoms with Gasteiger partial charge in [-0.2, -0.15) is 13.2 Å². The molecule has 0 saturated carbocycles. The van der Waals surface area contributed by atoms with Crippen molar-refractivity contribution in [3.05, 3.63) is 88.0 Å². The van der Waals surface area contributed by atoms with Crippen LogP contribution < -0.4 is 4.74 Å². The second kappa shape index (κ2) is 10.8. The van der Waals surface area contributed by atoms with Gasteiger partial charge >= 0.3 is 12.1 Å². The van der Waals surface area contributed by atoms with Crippen LogP contribution in [0.15, 0.2) is 48.7 Å². The zero-order valence-corrected chi connectivity index (χ0v) is 22.4. The molecule has 2 aromatic heterocycles. The van der Waals surface area contributed by atoms with Crippen LogP contribution >= 0.6 is 0 Å². The Morgan fingerprint density at radius 2 is 2.00 bits per heavy atom. The lowest BCUT2D eigenvalue weighted by molar-refractivity contribution is -0.137. The fourth-order valence-corrected chi connectivity index (χ4v) is 5.35. The van der Waals surface area contributed by atoms with Crippen LogP contribution in [-0.2, 0) is 43.6 Å². The lowest BCUT2D eigenvalue weighted by atomic mass is 9.97. The van der Waals surface area contributed by atoms with E-state index in [0.29, 0.717) is 31.1 Å². The van der Waals surface area contributed by atoms with Crippen molar-refractivity contribution < 1.29 is 32.5 Å². The summed E-state index contributed by atoms with van der Waals surface area (Å²) in [7, 11) is 0. The summed E-state index contributed by atoms with van der Waals surface area (Å²) in [6, 6.07) is 11.5. The number of ether oxygens (including phenoxy) is 2. The van der Waals surface area contributed by atoms with Crippen LogP contribution in [0.2, 0.25) is 0 Å². The maximum atomic E-state index is 12.8. The van der Waals surface area contributed by atoms with Gasteiger partial charge in [0.25, 0.3) is 0 Å². The highest BCUT2D eigenvalue weighted by Crippen LogP contribution is 2.31. The van der Waals surface area contributed by atoms with Crippen molar-refractivity contribution in [1.82, 2.24) is 19.4 Å². The predicted octanol–water partition coefficient (Wildman–Crippen LogP) is 5.38. The first kappa shape index (κ1) is 27.2. The minimum absolute atomic E-state index is 0.0626. The topological polar surface area (TPSA) is 89.7 Å². The van der Waals surface area contributed by atoms with Gasteiger partial charge in [-0.05, 0) is 72.9 Å². The van der Waals surface area contributed by atoms with E-state index in [1.807, 2.05) is 13.0 Å². The maximum Gasteiger partial charge on any atom is 0.417 e. The van der Waals surface area contributed by atoms with Crippen LogP contribution in [-0.4, -0.2) is 49.8 Å². The van der Waals surface area contributed by atoms with Gasteiger partial charge in [-0.15, -0.1) is 0 Å². The van der Waals surface area contributed by atoms with E-state index in [4.69, 9.17) is 14.5 Å². The molecule has 8 nitrogen and oxygen atoms in total. The number of carboxylic acid groups (broad SMARTS) is 1. The van der Waals surface area contributed by atoms with Gasteiger partial charge in [0.1, 0.15) is 18.2 Å². The summed E-state index contributed by atoms with van der Waals surface area (Å²) in [6.45, 7) is 5.47. The number of fused-ring (bicyclic) bond motifs is 2. The Hall–Kier alpha value is -3.96. The number of pyridine rings is 1. The SMILES string of the molecule is Cc1cc2c(cc1OCc1ccc(C(F)(F)F)cn1)CN(Cc1nc3ccc(C(=O)O)cc3n1C[C@@H]1CCO1)CC2. The predicted molar refractivity (Wildman–Crippen MR) is 144 cm³/mol. The van der Waals surface area contributed by atoms with Crippen LogP contribution in [0.1, 0.15) is 50.6 Å². The highest BCUT2D eigenvalue weighted by molar-refractivity contribution is 5.92. The van der Waals surface area contributed by atoms with Crippen LogP contribution in [0.3, 0.4) is 0 Å². The summed E-state index contributed by atoms with van der Waals surface area (Å²) in [6.07, 6.45) is -1.71. The second-order valence-electron chi connectivity index (χ2n) is 10.6. The first-order valence-electron chi connectivity index (χ1n) is 13.5. The summed E-state index contributed by atoms with van der Waals surface area (Å²) in [5.74, 6) is 0.553. The van der Waals surface area contributed by atoms with Crippen LogP contribution in [0, 0.1) is 6.92 Å². The zero-order chi connectivity index (χ0) is 28.7. The van der Waals surface area contributed by atoms with Gasteiger partial charge in [0, 0.05) is 25.9 Å². The number of imidazole rings is 1. The van der Waals surface area contributed by atoms with Gasteiger partial charge in [-0.3, -0.25) is 9.88 Å². The Kier molecular flexibility index (Phi) is 7.16. The highest BCUT2D eigenvalue weighted by atomic mass is 19.4. The monoisotopic (exact) mass is 566 g/mol. The first-order chi connectivity index (χ1) is 19.6. The van der Waals surface area contributed by atoms with Gasteiger partial charge < -0.3 is 19.1 Å². The van der Waals surface area contributed by atoms with E-state index in [0.717, 1.165) is 66.2 Å². The summed E-state index contributed by atoms with van der Waals surface area (Å²) in [5, 5.41) is 9.50. The molecule has 4 aromatic rings. The average molecular weight is 567 g/mol. The number of alkyl halides is 3. The van der Waals surface area contributed by atoms with E-state index < -0.39 is 17.7 Å². The molecule has 0 amide bonds. The summed E-state index contributed by atoms with van der Waals surface area (Å²) < 4.78 is 52.3. The lowest BCUT2D eigenvalue weighted by Crippen LogP contribution is -2.34. The Morgan fingerprint density at radius 1 is 1.17 bits per heavy atom. The van der Waals surface area contributed by atoms with Gasteiger partial charge in [-0.25, -0.2) is 9.78 Å². The van der Waals surface area contributed by atoms with Crippen molar-refractivity contribution in [3.8, 4) is 5.75 Å². The number of carboxylic acids is 1. The third-order valence-electron chi connectivity index (χ3n) is 7.73. The lowest BCUT2D eigenvalue weighted by Gasteiger charge is -2.31. The van der Waals surface area contributed by atoms with Crippen molar-refractivity contribution in [1.29, 1.82) is 0 Å². The van der Waals surface area contributed by atoms with Crippen LogP contribution in [0.4, 0.5) is 13.2 Å². The number of aryl methyl sites for hydroxylation is 1. The normalized spacial score (nSPS) is 17.3. The molecule has 1 atom stereocenters. The molecule has 0 spiro atoms. The maximum absolute atomic E-state index is 12.8. The molecule has 1 saturated heterocycles.